The molecule has 0 heterocycles. The molecular weight excluding hydrogens is 416 g/mol. The van der Waals surface area contributed by atoms with Gasteiger partial charge in [-0.05, 0) is 73.6 Å². The summed E-state index contributed by atoms with van der Waals surface area (Å²) in [6, 6.07) is 8.37. The van der Waals surface area contributed by atoms with Crippen LogP contribution < -0.4 is 9.47 Å². The van der Waals surface area contributed by atoms with Gasteiger partial charge in [0, 0.05) is 0 Å². The topological polar surface area (TPSA) is 18.5 Å². The Morgan fingerprint density at radius 3 is 1.74 bits per heavy atom. The minimum Gasteiger partial charge on any atom is -0.494 e. The molecule has 1 aromatic carbocycles. The maximum absolute atomic E-state index is 6.14. The fraction of sp³-hybridized carbons (Fsp3) is 0.812. The van der Waals surface area contributed by atoms with Gasteiger partial charge in [-0.25, -0.2) is 0 Å². The Kier molecular flexibility index (Phi) is 13.3. The highest BCUT2D eigenvalue weighted by atomic mass is 16.5. The van der Waals surface area contributed by atoms with E-state index in [0.29, 0.717) is 0 Å². The predicted octanol–water partition coefficient (Wildman–Crippen LogP) is 10.00. The Morgan fingerprint density at radius 2 is 1.12 bits per heavy atom. The van der Waals surface area contributed by atoms with Crippen molar-refractivity contribution in [1.82, 2.24) is 0 Å². The molecule has 0 spiro atoms. The van der Waals surface area contributed by atoms with Gasteiger partial charge in [0.05, 0.1) is 13.2 Å². The van der Waals surface area contributed by atoms with Crippen LogP contribution in [0, 0.1) is 23.7 Å². The molecule has 0 amide bonds. The lowest BCUT2D eigenvalue weighted by molar-refractivity contribution is 0.177. The van der Waals surface area contributed by atoms with Crippen molar-refractivity contribution in [3.63, 3.8) is 0 Å². The first kappa shape index (κ1) is 27.4. The van der Waals surface area contributed by atoms with Crippen LogP contribution in [-0.4, -0.2) is 13.2 Å². The Bertz CT molecular complexity index is 616. The van der Waals surface area contributed by atoms with E-state index in [9.17, 15) is 0 Å². The van der Waals surface area contributed by atoms with E-state index >= 15 is 0 Å². The molecule has 2 aliphatic carbocycles. The summed E-state index contributed by atoms with van der Waals surface area (Å²) in [6.07, 6.45) is 25.1. The SMILES string of the molecule is CCCCCC1CCC(COc2ccc(OCCCC3CCCCC3CCCCC)cc2)CC1. The van der Waals surface area contributed by atoms with Crippen molar-refractivity contribution < 1.29 is 9.47 Å². The largest absolute Gasteiger partial charge is 0.494 e. The van der Waals surface area contributed by atoms with Crippen molar-refractivity contribution in [1.29, 1.82) is 0 Å². The number of unbranched alkanes of at least 4 members (excludes halogenated alkanes) is 4. The fourth-order valence-electron chi connectivity index (χ4n) is 6.45. The van der Waals surface area contributed by atoms with E-state index in [4.69, 9.17) is 9.47 Å². The zero-order valence-electron chi connectivity index (χ0n) is 22.6. The zero-order chi connectivity index (χ0) is 23.8. The molecule has 2 fully saturated rings. The Morgan fingerprint density at radius 1 is 0.588 bits per heavy atom. The summed E-state index contributed by atoms with van der Waals surface area (Å²) in [5.41, 5.74) is 0. The van der Waals surface area contributed by atoms with Crippen LogP contribution in [-0.2, 0) is 0 Å². The van der Waals surface area contributed by atoms with Crippen molar-refractivity contribution >= 4 is 0 Å². The van der Waals surface area contributed by atoms with E-state index < -0.39 is 0 Å². The summed E-state index contributed by atoms with van der Waals surface area (Å²) in [7, 11) is 0. The van der Waals surface area contributed by atoms with Crippen LogP contribution in [0.3, 0.4) is 0 Å². The first-order chi connectivity index (χ1) is 16.8. The van der Waals surface area contributed by atoms with Crippen LogP contribution >= 0.6 is 0 Å². The minimum absolute atomic E-state index is 0.740. The molecule has 0 saturated heterocycles. The lowest BCUT2D eigenvalue weighted by Crippen LogP contribution is -2.20. The van der Waals surface area contributed by atoms with Crippen molar-refractivity contribution in [2.45, 2.75) is 129 Å². The van der Waals surface area contributed by atoms with E-state index in [1.165, 1.54) is 116 Å². The average Bonchev–Trinajstić information content (AvgIpc) is 2.88. The van der Waals surface area contributed by atoms with E-state index in [2.05, 4.69) is 38.1 Å². The first-order valence-electron chi connectivity index (χ1n) is 15.1. The second kappa shape index (κ2) is 16.5. The Balaban J connectivity index is 1.27. The predicted molar refractivity (Wildman–Crippen MR) is 146 cm³/mol. The summed E-state index contributed by atoms with van der Waals surface area (Å²) in [5, 5.41) is 0. The Labute approximate surface area is 211 Å². The van der Waals surface area contributed by atoms with Crippen molar-refractivity contribution in [3.8, 4) is 11.5 Å². The normalized spacial score (nSPS) is 25.2. The fourth-order valence-corrected chi connectivity index (χ4v) is 6.45. The van der Waals surface area contributed by atoms with Crippen LogP contribution in [0.25, 0.3) is 0 Å². The number of benzene rings is 1. The van der Waals surface area contributed by atoms with Gasteiger partial charge in [0.1, 0.15) is 11.5 Å². The molecule has 0 radical (unpaired) electrons. The summed E-state index contributed by atoms with van der Waals surface area (Å²) in [4.78, 5) is 0. The molecule has 2 unspecified atom stereocenters. The number of hydrogen-bond donors (Lipinski definition) is 0. The zero-order valence-corrected chi connectivity index (χ0v) is 22.6. The van der Waals surface area contributed by atoms with E-state index in [1.807, 2.05) is 0 Å². The smallest absolute Gasteiger partial charge is 0.119 e. The van der Waals surface area contributed by atoms with Crippen LogP contribution in [0.1, 0.15) is 129 Å². The van der Waals surface area contributed by atoms with Crippen molar-refractivity contribution in [2.24, 2.45) is 23.7 Å². The van der Waals surface area contributed by atoms with E-state index in [0.717, 1.165) is 48.4 Å². The van der Waals surface area contributed by atoms with Gasteiger partial charge in [-0.3, -0.25) is 0 Å². The number of hydrogen-bond acceptors (Lipinski definition) is 2. The maximum atomic E-state index is 6.14. The van der Waals surface area contributed by atoms with Gasteiger partial charge in [0.25, 0.3) is 0 Å². The van der Waals surface area contributed by atoms with Crippen LogP contribution in [0.5, 0.6) is 11.5 Å². The quantitative estimate of drug-likeness (QED) is 0.224. The highest BCUT2D eigenvalue weighted by Gasteiger charge is 2.24. The van der Waals surface area contributed by atoms with Gasteiger partial charge >= 0.3 is 0 Å². The molecular formula is C32H54O2. The lowest BCUT2D eigenvalue weighted by atomic mass is 9.74. The van der Waals surface area contributed by atoms with Gasteiger partial charge < -0.3 is 9.47 Å². The minimum atomic E-state index is 0.740. The maximum Gasteiger partial charge on any atom is 0.119 e. The third-order valence-corrected chi connectivity index (χ3v) is 8.72. The van der Waals surface area contributed by atoms with Crippen LogP contribution in [0.2, 0.25) is 0 Å². The van der Waals surface area contributed by atoms with Gasteiger partial charge in [0.2, 0.25) is 0 Å². The molecule has 0 N–H and O–H groups in total. The summed E-state index contributed by atoms with van der Waals surface area (Å²) >= 11 is 0. The molecule has 194 valence electrons. The van der Waals surface area contributed by atoms with Crippen molar-refractivity contribution in [3.05, 3.63) is 24.3 Å². The third kappa shape index (κ3) is 10.2. The summed E-state index contributed by atoms with van der Waals surface area (Å²) < 4.78 is 12.2. The van der Waals surface area contributed by atoms with Gasteiger partial charge in [-0.2, -0.15) is 0 Å². The van der Waals surface area contributed by atoms with Gasteiger partial charge in [-0.15, -0.1) is 0 Å². The number of ether oxygens (including phenoxy) is 2. The van der Waals surface area contributed by atoms with Crippen LogP contribution in [0.15, 0.2) is 24.3 Å². The van der Waals surface area contributed by atoms with Crippen molar-refractivity contribution in [2.75, 3.05) is 13.2 Å². The molecule has 0 aromatic heterocycles. The van der Waals surface area contributed by atoms with Crippen LogP contribution in [0.4, 0.5) is 0 Å². The monoisotopic (exact) mass is 470 g/mol. The molecule has 34 heavy (non-hydrogen) atoms. The van der Waals surface area contributed by atoms with Gasteiger partial charge in [-0.1, -0.05) is 104 Å². The third-order valence-electron chi connectivity index (χ3n) is 8.72. The second-order valence-corrected chi connectivity index (χ2v) is 11.5. The first-order valence-corrected chi connectivity index (χ1v) is 15.1. The molecule has 2 aliphatic rings. The van der Waals surface area contributed by atoms with E-state index in [1.54, 1.807) is 0 Å². The molecule has 0 aliphatic heterocycles. The average molecular weight is 471 g/mol. The lowest BCUT2D eigenvalue weighted by Gasteiger charge is -2.31. The van der Waals surface area contributed by atoms with E-state index in [-0.39, 0.29) is 0 Å². The number of rotatable bonds is 16. The molecule has 2 atom stereocenters. The molecule has 0 bridgehead atoms. The molecule has 2 saturated carbocycles. The summed E-state index contributed by atoms with van der Waals surface area (Å²) in [5.74, 6) is 5.62. The molecule has 2 heteroatoms. The standard InChI is InChI=1S/C32H54O2/c1-3-5-7-12-27-17-19-28(20-18-27)26-34-32-23-21-31(22-24-32)33-25-11-16-30-15-10-9-14-29(30)13-8-6-4-2/h21-24,27-30H,3-20,25-26H2,1-2H3. The molecule has 3 rings (SSSR count). The highest BCUT2D eigenvalue weighted by molar-refractivity contribution is 5.31. The summed E-state index contributed by atoms with van der Waals surface area (Å²) in [6.45, 7) is 6.34. The molecule has 2 nitrogen and oxygen atoms in total. The van der Waals surface area contributed by atoms with Gasteiger partial charge in [0.15, 0.2) is 0 Å². The Hall–Kier alpha value is -1.18. The second-order valence-electron chi connectivity index (χ2n) is 11.5. The molecule has 1 aromatic rings. The highest BCUT2D eigenvalue weighted by Crippen LogP contribution is 2.36.